The van der Waals surface area contributed by atoms with Crippen LogP contribution in [0.25, 0.3) is 0 Å². The lowest BCUT2D eigenvalue weighted by atomic mass is 10.2. The summed E-state index contributed by atoms with van der Waals surface area (Å²) in [6.45, 7) is 3.20. The van der Waals surface area contributed by atoms with Crippen molar-refractivity contribution >= 4 is 25.5 Å². The summed E-state index contributed by atoms with van der Waals surface area (Å²) >= 11 is 0. The summed E-state index contributed by atoms with van der Waals surface area (Å²) in [5.74, 6) is -0.680. The Bertz CT molecular complexity index is 914. The molecule has 0 saturated heterocycles. The van der Waals surface area contributed by atoms with Gasteiger partial charge in [-0.2, -0.15) is 0 Å². The van der Waals surface area contributed by atoms with Crippen molar-refractivity contribution in [3.63, 3.8) is 0 Å². The molecule has 0 saturated carbocycles. The van der Waals surface area contributed by atoms with Gasteiger partial charge in [0.25, 0.3) is 0 Å². The number of esters is 3. The fourth-order valence-electron chi connectivity index (χ4n) is 2.41. The molecule has 0 fully saturated rings. The van der Waals surface area contributed by atoms with E-state index in [1.54, 1.807) is 62.4 Å². The highest BCUT2D eigenvalue weighted by atomic mass is 31.2. The van der Waals surface area contributed by atoms with Gasteiger partial charge in [0.05, 0.1) is 20.3 Å². The van der Waals surface area contributed by atoms with Crippen molar-refractivity contribution in [1.29, 1.82) is 0 Å². The largest absolute Gasteiger partial charge is 0.469 e. The van der Waals surface area contributed by atoms with Gasteiger partial charge >= 0.3 is 25.5 Å². The molecule has 0 aromatic heterocycles. The summed E-state index contributed by atoms with van der Waals surface area (Å²) in [7, 11) is -2.67. The molecule has 0 amide bonds. The number of hydrogen-bond donors (Lipinski definition) is 0. The molecule has 0 aliphatic rings. The molecule has 178 valence electrons. The summed E-state index contributed by atoms with van der Waals surface area (Å²) in [6, 6.07) is 13.0. The Hall–Kier alpha value is -3.00. The van der Waals surface area contributed by atoms with Gasteiger partial charge in [-0.3, -0.25) is 18.9 Å². The second-order valence-electron chi connectivity index (χ2n) is 6.84. The maximum absolute atomic E-state index is 13.1. The Kier molecular flexibility index (Phi) is 10.3. The van der Waals surface area contributed by atoms with Crippen molar-refractivity contribution in [2.75, 3.05) is 13.3 Å². The van der Waals surface area contributed by atoms with Gasteiger partial charge in [-0.15, -0.1) is 0 Å². The molecule has 9 nitrogen and oxygen atoms in total. The number of carbonyl (C=O) groups excluding carboxylic acids is 3. The fraction of sp³-hybridized carbons (Fsp3) is 0.348. The minimum absolute atomic E-state index is 0.0951. The van der Waals surface area contributed by atoms with Gasteiger partial charge in [0.1, 0.15) is 17.7 Å². The van der Waals surface area contributed by atoms with Gasteiger partial charge in [0.15, 0.2) is 0 Å². The van der Waals surface area contributed by atoms with E-state index in [-0.39, 0.29) is 38.0 Å². The highest BCUT2D eigenvalue weighted by molar-refractivity contribution is 7.54. The molecule has 0 N–H and O–H groups in total. The van der Waals surface area contributed by atoms with Crippen LogP contribution in [0.1, 0.15) is 37.8 Å². The number of carbonyl (C=O) groups is 3. The van der Waals surface area contributed by atoms with Gasteiger partial charge in [0, 0.05) is 12.8 Å². The first kappa shape index (κ1) is 26.3. The molecule has 2 aromatic rings. The summed E-state index contributed by atoms with van der Waals surface area (Å²) in [5, 5.41) is 0. The molecule has 2 rings (SSSR count). The van der Waals surface area contributed by atoms with Crippen LogP contribution in [0.5, 0.6) is 11.5 Å². The average Bonchev–Trinajstić information content (AvgIpc) is 2.83. The number of ether oxygens (including phenoxy) is 3. The zero-order valence-corrected chi connectivity index (χ0v) is 19.7. The van der Waals surface area contributed by atoms with Crippen LogP contribution in [-0.2, 0) is 45.9 Å². The Morgan fingerprint density at radius 2 is 1.09 bits per heavy atom. The number of methoxy groups -OCH3 is 1. The van der Waals surface area contributed by atoms with E-state index < -0.39 is 19.7 Å². The smallest absolute Gasteiger partial charge is 0.342 e. The lowest BCUT2D eigenvalue weighted by Crippen LogP contribution is -2.11. The second-order valence-corrected chi connectivity index (χ2v) is 8.89. The molecule has 2 aromatic carbocycles. The predicted molar refractivity (Wildman–Crippen MR) is 119 cm³/mol. The summed E-state index contributed by atoms with van der Waals surface area (Å²) in [5.41, 5.74) is 1.28. The number of rotatable bonds is 12. The van der Waals surface area contributed by atoms with E-state index in [2.05, 4.69) is 4.74 Å². The van der Waals surface area contributed by atoms with Gasteiger partial charge in [-0.25, -0.2) is 0 Å². The summed E-state index contributed by atoms with van der Waals surface area (Å²) in [6.07, 6.45) is -0.0427. The first-order valence-electron chi connectivity index (χ1n) is 10.3. The van der Waals surface area contributed by atoms with Gasteiger partial charge in [-0.05, 0) is 35.4 Å². The van der Waals surface area contributed by atoms with Crippen LogP contribution in [0.15, 0.2) is 48.5 Å². The van der Waals surface area contributed by atoms with Crippen LogP contribution >= 0.6 is 7.60 Å². The van der Waals surface area contributed by atoms with Crippen molar-refractivity contribution in [2.24, 2.45) is 0 Å². The molecule has 0 spiro atoms. The lowest BCUT2D eigenvalue weighted by Gasteiger charge is -2.18. The van der Waals surface area contributed by atoms with E-state index in [0.717, 1.165) is 0 Å². The Morgan fingerprint density at radius 3 is 1.42 bits per heavy atom. The third-order valence-electron chi connectivity index (χ3n) is 4.29. The van der Waals surface area contributed by atoms with E-state index >= 15 is 0 Å². The van der Waals surface area contributed by atoms with Gasteiger partial charge < -0.3 is 23.3 Å². The monoisotopic (exact) mass is 478 g/mol. The normalized spacial score (nSPS) is 11.0. The Morgan fingerprint density at radius 1 is 0.697 bits per heavy atom. The molecular formula is C23H27O9P. The van der Waals surface area contributed by atoms with Crippen molar-refractivity contribution in [3.05, 3.63) is 59.7 Å². The number of benzene rings is 2. The van der Waals surface area contributed by atoms with Crippen LogP contribution in [0.2, 0.25) is 0 Å². The predicted octanol–water partition coefficient (Wildman–Crippen LogP) is 4.42. The minimum Gasteiger partial charge on any atom is -0.469 e. The van der Waals surface area contributed by atoms with Gasteiger partial charge in [-0.1, -0.05) is 38.1 Å². The minimum atomic E-state index is -3.85. The zero-order valence-electron chi connectivity index (χ0n) is 18.8. The summed E-state index contributed by atoms with van der Waals surface area (Å²) < 4.78 is 39.0. The van der Waals surface area contributed by atoms with Crippen LogP contribution in [0, 0.1) is 0 Å². The van der Waals surface area contributed by atoms with E-state index in [1.807, 2.05) is 0 Å². The topological polar surface area (TPSA) is 114 Å². The van der Waals surface area contributed by atoms with Crippen LogP contribution in [-0.4, -0.2) is 31.2 Å². The zero-order chi connectivity index (χ0) is 24.3. The van der Waals surface area contributed by atoms with E-state index in [4.69, 9.17) is 18.5 Å². The first-order valence-corrected chi connectivity index (χ1v) is 12.0. The number of hydrogen-bond acceptors (Lipinski definition) is 9. The quantitative estimate of drug-likeness (QED) is 0.248. The SMILES string of the molecule is CCC(=O)Oc1ccc(COP(=O)(CC(=O)OC)OCc2ccc(OC(=O)CC)cc2)cc1. The third kappa shape index (κ3) is 9.18. The maximum atomic E-state index is 13.1. The molecule has 0 unspecified atom stereocenters. The first-order chi connectivity index (χ1) is 15.8. The molecule has 0 aliphatic carbocycles. The third-order valence-corrected chi connectivity index (χ3v) is 5.98. The standard InChI is InChI=1S/C23H27O9P/c1-4-21(24)31-19-10-6-17(7-11-19)14-29-33(27,16-23(26)28-3)30-15-18-8-12-20(13-9-18)32-22(25)5-2/h6-13H,4-5,14-16H2,1-3H3. The maximum Gasteiger partial charge on any atom is 0.342 e. The molecule has 0 atom stereocenters. The van der Waals surface area contributed by atoms with E-state index in [1.165, 1.54) is 7.11 Å². The van der Waals surface area contributed by atoms with Crippen molar-refractivity contribution < 1.29 is 42.2 Å². The van der Waals surface area contributed by atoms with Crippen LogP contribution in [0.3, 0.4) is 0 Å². The Balaban J connectivity index is 2.00. The molecule has 10 heteroatoms. The highest BCUT2D eigenvalue weighted by Gasteiger charge is 2.29. The molecule has 0 heterocycles. The van der Waals surface area contributed by atoms with E-state index in [0.29, 0.717) is 22.6 Å². The van der Waals surface area contributed by atoms with Gasteiger partial charge in [0.2, 0.25) is 0 Å². The van der Waals surface area contributed by atoms with Crippen LogP contribution in [0.4, 0.5) is 0 Å². The van der Waals surface area contributed by atoms with Crippen molar-refractivity contribution in [3.8, 4) is 11.5 Å². The molecule has 0 radical (unpaired) electrons. The molecule has 33 heavy (non-hydrogen) atoms. The van der Waals surface area contributed by atoms with Crippen molar-refractivity contribution in [1.82, 2.24) is 0 Å². The highest BCUT2D eigenvalue weighted by Crippen LogP contribution is 2.49. The van der Waals surface area contributed by atoms with Crippen LogP contribution < -0.4 is 9.47 Å². The summed E-state index contributed by atoms with van der Waals surface area (Å²) in [4.78, 5) is 34.5. The second kappa shape index (κ2) is 12.9. The van der Waals surface area contributed by atoms with Crippen molar-refractivity contribution in [2.45, 2.75) is 39.9 Å². The fourth-order valence-corrected chi connectivity index (χ4v) is 3.81. The average molecular weight is 478 g/mol. The molecule has 0 bridgehead atoms. The molecular weight excluding hydrogens is 451 g/mol. The van der Waals surface area contributed by atoms with E-state index in [9.17, 15) is 18.9 Å². The molecule has 0 aliphatic heterocycles. The lowest BCUT2D eigenvalue weighted by molar-refractivity contribution is -0.138. The Labute approximate surface area is 192 Å².